The first kappa shape index (κ1) is 17.7. The molecule has 0 radical (unpaired) electrons. The van der Waals surface area contributed by atoms with Crippen molar-refractivity contribution in [3.05, 3.63) is 70.3 Å². The van der Waals surface area contributed by atoms with E-state index in [9.17, 15) is 19.7 Å². The first-order chi connectivity index (χ1) is 11.5. The van der Waals surface area contributed by atoms with Gasteiger partial charge in [0, 0.05) is 22.6 Å². The van der Waals surface area contributed by atoms with Gasteiger partial charge in [0.05, 0.1) is 11.5 Å². The Balaban J connectivity index is 2.24. The predicted octanol–water partition coefficient (Wildman–Crippen LogP) is 3.50. The Kier molecular flexibility index (Phi) is 6.08. The smallest absolute Gasteiger partial charge is 0.327 e. The number of nitro benzene ring substituents is 1. The lowest BCUT2D eigenvalue weighted by molar-refractivity contribution is -0.384. The van der Waals surface area contributed by atoms with Crippen molar-refractivity contribution in [3.8, 4) is 0 Å². The van der Waals surface area contributed by atoms with E-state index in [2.05, 4.69) is 0 Å². The molecule has 0 heterocycles. The van der Waals surface area contributed by atoms with E-state index >= 15 is 0 Å². The van der Waals surface area contributed by atoms with Gasteiger partial charge < -0.3 is 4.74 Å². The number of esters is 1. The maximum atomic E-state index is 12.6. The van der Waals surface area contributed by atoms with Crippen LogP contribution >= 0.6 is 11.8 Å². The number of hydrogen-bond donors (Lipinski definition) is 0. The Labute approximate surface area is 143 Å². The summed E-state index contributed by atoms with van der Waals surface area (Å²) in [7, 11) is 0. The van der Waals surface area contributed by atoms with Gasteiger partial charge in [-0.25, -0.2) is 0 Å². The Hall–Kier alpha value is -2.67. The molecule has 0 N–H and O–H groups in total. The maximum Gasteiger partial charge on any atom is 0.327 e. The largest absolute Gasteiger partial charge is 0.465 e. The molecule has 0 fully saturated rings. The van der Waals surface area contributed by atoms with E-state index in [0.29, 0.717) is 10.5 Å². The van der Waals surface area contributed by atoms with Gasteiger partial charge in [0.1, 0.15) is 0 Å². The monoisotopic (exact) mass is 345 g/mol. The average Bonchev–Trinajstić information content (AvgIpc) is 2.60. The number of benzene rings is 2. The summed E-state index contributed by atoms with van der Waals surface area (Å²) in [5.74, 6) is -0.993. The van der Waals surface area contributed by atoms with Crippen LogP contribution in [-0.4, -0.2) is 28.5 Å². The Morgan fingerprint density at radius 1 is 1.12 bits per heavy atom. The van der Waals surface area contributed by atoms with Gasteiger partial charge >= 0.3 is 5.97 Å². The summed E-state index contributed by atoms with van der Waals surface area (Å²) >= 11 is 1.01. The minimum absolute atomic E-state index is 0.0542. The highest BCUT2D eigenvalue weighted by molar-refractivity contribution is 8.01. The van der Waals surface area contributed by atoms with Crippen molar-refractivity contribution < 1.29 is 19.2 Å². The average molecular weight is 345 g/mol. The van der Waals surface area contributed by atoms with E-state index in [-0.39, 0.29) is 18.1 Å². The second-order valence-corrected chi connectivity index (χ2v) is 5.91. The van der Waals surface area contributed by atoms with Crippen molar-refractivity contribution in [2.24, 2.45) is 0 Å². The van der Waals surface area contributed by atoms with Crippen molar-refractivity contribution in [1.82, 2.24) is 0 Å². The van der Waals surface area contributed by atoms with Crippen LogP contribution in [0.2, 0.25) is 0 Å². The van der Waals surface area contributed by atoms with Crippen molar-refractivity contribution in [2.45, 2.75) is 17.1 Å². The molecule has 24 heavy (non-hydrogen) atoms. The number of hydrogen-bond acceptors (Lipinski definition) is 6. The summed E-state index contributed by atoms with van der Waals surface area (Å²) in [6.45, 7) is 1.83. The van der Waals surface area contributed by atoms with Gasteiger partial charge in [-0.3, -0.25) is 19.7 Å². The van der Waals surface area contributed by atoms with E-state index in [1.54, 1.807) is 37.3 Å². The zero-order valence-electron chi connectivity index (χ0n) is 12.9. The summed E-state index contributed by atoms with van der Waals surface area (Å²) < 4.78 is 4.99. The molecule has 0 aliphatic heterocycles. The van der Waals surface area contributed by atoms with Crippen LogP contribution in [0.4, 0.5) is 5.69 Å². The molecule has 2 aromatic rings. The van der Waals surface area contributed by atoms with Gasteiger partial charge in [-0.2, -0.15) is 0 Å². The summed E-state index contributed by atoms with van der Waals surface area (Å²) in [5.41, 5.74) is 0.353. The van der Waals surface area contributed by atoms with E-state index < -0.39 is 16.1 Å². The Morgan fingerprint density at radius 2 is 1.75 bits per heavy atom. The van der Waals surface area contributed by atoms with Crippen LogP contribution in [0.3, 0.4) is 0 Å². The molecule has 0 bridgehead atoms. The standard InChI is InChI=1S/C17H15NO5S/c1-2-23-17(20)16(15(19)12-6-4-3-5-7-12)24-14-10-8-13(9-11-14)18(21)22/h3-11,16H,2H2,1H3/t16-/m1/s1. The van der Waals surface area contributed by atoms with E-state index in [1.807, 2.05) is 0 Å². The number of Topliss-reactive ketones (excluding diaryl/α,β-unsaturated/α-hetero) is 1. The minimum Gasteiger partial charge on any atom is -0.465 e. The number of thioether (sulfide) groups is 1. The molecule has 2 rings (SSSR count). The second kappa shape index (κ2) is 8.26. The maximum absolute atomic E-state index is 12.6. The fourth-order valence-electron chi connectivity index (χ4n) is 1.96. The Bertz CT molecular complexity index is 730. The second-order valence-electron chi connectivity index (χ2n) is 4.73. The van der Waals surface area contributed by atoms with Gasteiger partial charge in [-0.05, 0) is 19.1 Å². The molecule has 0 unspecified atom stereocenters. The molecule has 0 amide bonds. The highest BCUT2D eigenvalue weighted by Gasteiger charge is 2.30. The molecule has 124 valence electrons. The van der Waals surface area contributed by atoms with Gasteiger partial charge in [-0.15, -0.1) is 11.8 Å². The molecule has 1 atom stereocenters. The number of carbonyl (C=O) groups excluding carboxylic acids is 2. The number of ketones is 1. The molecule has 0 saturated carbocycles. The van der Waals surface area contributed by atoms with Crippen LogP contribution in [0.15, 0.2) is 59.5 Å². The number of rotatable bonds is 7. The van der Waals surface area contributed by atoms with Gasteiger partial charge in [-0.1, -0.05) is 30.3 Å². The molecular weight excluding hydrogens is 330 g/mol. The van der Waals surface area contributed by atoms with Crippen LogP contribution in [-0.2, 0) is 9.53 Å². The lowest BCUT2D eigenvalue weighted by atomic mass is 10.1. The number of non-ortho nitro benzene ring substituents is 1. The highest BCUT2D eigenvalue weighted by atomic mass is 32.2. The number of ether oxygens (including phenoxy) is 1. The molecule has 0 saturated heterocycles. The first-order valence-electron chi connectivity index (χ1n) is 7.20. The summed E-state index contributed by atoms with van der Waals surface area (Å²) in [6, 6.07) is 14.1. The van der Waals surface area contributed by atoms with Gasteiger partial charge in [0.2, 0.25) is 0 Å². The van der Waals surface area contributed by atoms with Crippen LogP contribution in [0, 0.1) is 10.1 Å². The third kappa shape index (κ3) is 4.42. The van der Waals surface area contributed by atoms with Crippen molar-refractivity contribution in [3.63, 3.8) is 0 Å². The topological polar surface area (TPSA) is 86.5 Å². The predicted molar refractivity (Wildman–Crippen MR) is 90.1 cm³/mol. The molecular formula is C17H15NO5S. The van der Waals surface area contributed by atoms with Crippen molar-refractivity contribution in [2.75, 3.05) is 6.61 Å². The quantitative estimate of drug-likeness (QED) is 0.191. The lowest BCUT2D eigenvalue weighted by Gasteiger charge is -2.14. The third-order valence-electron chi connectivity index (χ3n) is 3.10. The van der Waals surface area contributed by atoms with E-state index in [4.69, 9.17) is 4.74 Å². The zero-order chi connectivity index (χ0) is 17.5. The van der Waals surface area contributed by atoms with Crippen LogP contribution in [0.25, 0.3) is 0 Å². The number of nitro groups is 1. The third-order valence-corrected chi connectivity index (χ3v) is 4.29. The summed E-state index contributed by atoms with van der Waals surface area (Å²) in [4.78, 5) is 35.5. The van der Waals surface area contributed by atoms with E-state index in [1.165, 1.54) is 24.3 Å². The van der Waals surface area contributed by atoms with Gasteiger partial charge in [0.15, 0.2) is 11.0 Å². The van der Waals surface area contributed by atoms with Crippen LogP contribution < -0.4 is 0 Å². The van der Waals surface area contributed by atoms with Crippen molar-refractivity contribution in [1.29, 1.82) is 0 Å². The fourth-order valence-corrected chi connectivity index (χ4v) is 2.94. The molecule has 0 aromatic heterocycles. The van der Waals surface area contributed by atoms with Crippen LogP contribution in [0.5, 0.6) is 0 Å². The normalized spacial score (nSPS) is 11.5. The molecule has 0 aliphatic carbocycles. The van der Waals surface area contributed by atoms with E-state index in [0.717, 1.165) is 11.8 Å². The Morgan fingerprint density at radius 3 is 2.29 bits per heavy atom. The summed E-state index contributed by atoms with van der Waals surface area (Å²) in [6.07, 6.45) is 0. The summed E-state index contributed by atoms with van der Waals surface area (Å²) in [5, 5.41) is 9.63. The lowest BCUT2D eigenvalue weighted by Crippen LogP contribution is -2.29. The SMILES string of the molecule is CCOC(=O)[C@H](Sc1ccc([N+](=O)[O-])cc1)C(=O)c1ccccc1. The van der Waals surface area contributed by atoms with Crippen LogP contribution in [0.1, 0.15) is 17.3 Å². The van der Waals surface area contributed by atoms with Crippen molar-refractivity contribution >= 4 is 29.2 Å². The molecule has 2 aromatic carbocycles. The number of carbonyl (C=O) groups is 2. The molecule has 0 spiro atoms. The zero-order valence-corrected chi connectivity index (χ0v) is 13.7. The molecule has 6 nitrogen and oxygen atoms in total. The first-order valence-corrected chi connectivity index (χ1v) is 8.08. The fraction of sp³-hybridized carbons (Fsp3) is 0.176. The minimum atomic E-state index is -1.06. The number of nitrogens with zero attached hydrogens (tertiary/aromatic N) is 1. The van der Waals surface area contributed by atoms with Gasteiger partial charge in [0.25, 0.3) is 5.69 Å². The molecule has 0 aliphatic rings. The highest BCUT2D eigenvalue weighted by Crippen LogP contribution is 2.28. The molecule has 7 heteroatoms.